The largest absolute Gasteiger partial charge is 0.463 e. The quantitative estimate of drug-likeness (QED) is 0.0164. The maximum Gasteiger partial charge on any atom is 0.314 e. The Morgan fingerprint density at radius 2 is 1.53 bits per heavy atom. The number of amides is 3. The highest BCUT2D eigenvalue weighted by Gasteiger charge is 2.29. The lowest BCUT2D eigenvalue weighted by Crippen LogP contribution is -2.42. The van der Waals surface area contributed by atoms with Crippen molar-refractivity contribution in [3.05, 3.63) is 0 Å². The summed E-state index contributed by atoms with van der Waals surface area (Å²) in [6.07, 6.45) is 8.11. The van der Waals surface area contributed by atoms with Crippen molar-refractivity contribution in [1.82, 2.24) is 21.3 Å². The summed E-state index contributed by atoms with van der Waals surface area (Å²) < 4.78 is 26.7. The van der Waals surface area contributed by atoms with Crippen LogP contribution in [0.5, 0.6) is 0 Å². The highest BCUT2D eigenvalue weighted by atomic mass is 32.2. The van der Waals surface area contributed by atoms with Gasteiger partial charge in [0.2, 0.25) is 0 Å². The molecule has 3 amide bonds. The van der Waals surface area contributed by atoms with Crippen LogP contribution < -0.4 is 21.3 Å². The molecule has 304 valence electrons. The highest BCUT2D eigenvalue weighted by Crippen LogP contribution is 2.19. The fourth-order valence-corrected chi connectivity index (χ4v) is 13.5. The first-order chi connectivity index (χ1) is 24.0. The van der Waals surface area contributed by atoms with E-state index in [2.05, 4.69) is 78.0 Å². The third kappa shape index (κ3) is 40.1. The van der Waals surface area contributed by atoms with Gasteiger partial charge in [0, 0.05) is 44.6 Å². The summed E-state index contributed by atoms with van der Waals surface area (Å²) in [6, 6.07) is 1.14. The predicted octanol–water partition coefficient (Wildman–Crippen LogP) is 6.10. The average Bonchev–Trinajstić information content (AvgIpc) is 3.05. The summed E-state index contributed by atoms with van der Waals surface area (Å²) in [5.74, 6) is 0.327. The maximum absolute atomic E-state index is 11.9. The van der Waals surface area contributed by atoms with Crippen LogP contribution in [0.3, 0.4) is 0 Å². The summed E-state index contributed by atoms with van der Waals surface area (Å²) in [4.78, 5) is 34.5. The minimum atomic E-state index is -1.66. The van der Waals surface area contributed by atoms with Crippen molar-refractivity contribution >= 4 is 58.5 Å². The molecule has 0 aliphatic carbocycles. The zero-order valence-corrected chi connectivity index (χ0v) is 36.9. The molecule has 0 radical (unpaired) electrons. The van der Waals surface area contributed by atoms with Gasteiger partial charge in [-0.2, -0.15) is 0 Å². The molecule has 0 saturated heterocycles. The van der Waals surface area contributed by atoms with Gasteiger partial charge in [-0.25, -0.2) is 4.79 Å². The summed E-state index contributed by atoms with van der Waals surface area (Å²) in [5, 5.41) is 21.5. The molecule has 0 aromatic carbocycles. The van der Waals surface area contributed by atoms with E-state index in [0.29, 0.717) is 38.7 Å². The molecule has 5 N–H and O–H groups in total. The van der Waals surface area contributed by atoms with Crippen LogP contribution in [0.15, 0.2) is 0 Å². The van der Waals surface area contributed by atoms with Crippen LogP contribution in [0.1, 0.15) is 78.6 Å². The standard InChI is InChI=1S/C22H49N3O6Si2.C12H25NO3S2/c1-18(10-11-19(2)25-22(28)23-3)24-13-12-21(27)30-17-20(26)16-29-14-9-15-33(7,8)31-32(4,5)6;1-2-3-4-5-6-7-13-12(14)18-11-10-15-8-9-16-17/h18-20,24,26H,9-17H2,1-8H3,(H2,23,25,28);17H,2-11H2,1H3,(H,13,14). The first-order valence-corrected chi connectivity index (χ1v) is 26.5. The molecule has 0 aromatic rings. The van der Waals surface area contributed by atoms with E-state index in [9.17, 15) is 19.5 Å². The fourth-order valence-electron chi connectivity index (χ4n) is 4.76. The van der Waals surface area contributed by atoms with Crippen LogP contribution in [0.2, 0.25) is 38.8 Å². The third-order valence-corrected chi connectivity index (χ3v) is 14.4. The van der Waals surface area contributed by atoms with Gasteiger partial charge in [0.05, 0.1) is 32.8 Å². The first-order valence-electron chi connectivity index (χ1n) is 18.6. The van der Waals surface area contributed by atoms with Crippen molar-refractivity contribution in [1.29, 1.82) is 0 Å². The number of unbranched alkanes of at least 4 members (excludes halogenated alkanes) is 4. The van der Waals surface area contributed by atoms with Gasteiger partial charge in [-0.05, 0) is 91.2 Å². The first kappa shape index (κ1) is 52.2. The van der Waals surface area contributed by atoms with Crippen molar-refractivity contribution in [2.24, 2.45) is 0 Å². The molecule has 0 fully saturated rings. The molecule has 51 heavy (non-hydrogen) atoms. The van der Waals surface area contributed by atoms with Crippen LogP contribution in [-0.4, -0.2) is 123 Å². The molecule has 0 bridgehead atoms. The van der Waals surface area contributed by atoms with Gasteiger partial charge >= 0.3 is 12.0 Å². The number of esters is 1. The summed E-state index contributed by atoms with van der Waals surface area (Å²) in [6.45, 7) is 20.8. The minimum absolute atomic E-state index is 0.0412. The Bertz CT molecular complexity index is 860. The Morgan fingerprint density at radius 3 is 2.18 bits per heavy atom. The summed E-state index contributed by atoms with van der Waals surface area (Å²) >= 11 is 4.87. The Balaban J connectivity index is 0. The van der Waals surface area contributed by atoms with Crippen LogP contribution in [0.25, 0.3) is 0 Å². The number of nitrogens with one attached hydrogen (secondary N) is 4. The monoisotopic (exact) mass is 802 g/mol. The van der Waals surface area contributed by atoms with Crippen molar-refractivity contribution in [2.45, 2.75) is 136 Å². The number of thioether (sulfide) groups is 1. The van der Waals surface area contributed by atoms with Gasteiger partial charge in [-0.15, -0.1) is 0 Å². The number of hydrogen-bond donors (Lipinski definition) is 6. The lowest BCUT2D eigenvalue weighted by Gasteiger charge is -2.31. The van der Waals surface area contributed by atoms with Crippen molar-refractivity contribution < 1.29 is 42.0 Å². The molecule has 17 heteroatoms. The molecule has 0 saturated carbocycles. The number of rotatable bonds is 30. The van der Waals surface area contributed by atoms with E-state index in [0.717, 1.165) is 38.3 Å². The molecule has 0 aliphatic heterocycles. The lowest BCUT2D eigenvalue weighted by molar-refractivity contribution is -0.147. The number of thiol groups is 1. The second kappa shape index (κ2) is 33.7. The summed E-state index contributed by atoms with van der Waals surface area (Å²) in [7, 11) is -1.59. The zero-order valence-electron chi connectivity index (χ0n) is 33.2. The van der Waals surface area contributed by atoms with Gasteiger partial charge in [-0.1, -0.05) is 44.4 Å². The van der Waals surface area contributed by atoms with Gasteiger partial charge in [-0.3, -0.25) is 9.59 Å². The molecule has 0 rings (SSSR count). The SMILES string of the molecule is CCCCCCCNC(=O)SCCOCCOS.CNC(=O)NC(C)CCC(C)NCCC(=O)OCC(O)COCCC[Si](C)(C)O[Si](C)(C)C. The number of carbonyl (C=O) groups excluding carboxylic acids is 3. The molecule has 13 nitrogen and oxygen atoms in total. The minimum Gasteiger partial charge on any atom is -0.463 e. The Kier molecular flexibility index (Phi) is 34.5. The molecule has 0 aromatic heterocycles. The van der Waals surface area contributed by atoms with Gasteiger partial charge in [0.15, 0.2) is 16.6 Å². The van der Waals surface area contributed by atoms with E-state index in [1.807, 2.05) is 13.8 Å². The molecule has 3 atom stereocenters. The Morgan fingerprint density at radius 1 is 0.843 bits per heavy atom. The van der Waals surface area contributed by atoms with Gasteiger partial charge < -0.3 is 48.9 Å². The Labute approximate surface area is 321 Å². The van der Waals surface area contributed by atoms with E-state index in [4.69, 9.17) is 18.3 Å². The van der Waals surface area contributed by atoms with E-state index in [1.54, 1.807) is 7.05 Å². The normalized spacial score (nSPS) is 13.4. The van der Waals surface area contributed by atoms with Gasteiger partial charge in [0.25, 0.3) is 5.24 Å². The second-order valence-electron chi connectivity index (χ2n) is 14.2. The fraction of sp³-hybridized carbons (Fsp3) is 0.912. The second-order valence-corrected chi connectivity index (χ2v) is 24.6. The number of aliphatic hydroxyl groups is 1. The number of ether oxygens (including phenoxy) is 3. The molecule has 3 unspecified atom stereocenters. The van der Waals surface area contributed by atoms with Crippen molar-refractivity contribution in [3.63, 3.8) is 0 Å². The smallest absolute Gasteiger partial charge is 0.314 e. The van der Waals surface area contributed by atoms with Crippen molar-refractivity contribution in [2.75, 3.05) is 65.5 Å². The van der Waals surface area contributed by atoms with Crippen LogP contribution in [0, 0.1) is 0 Å². The van der Waals surface area contributed by atoms with E-state index in [-0.39, 0.29) is 49.0 Å². The molecular formula is C34H74N4O9S2Si2. The number of aliphatic hydroxyl groups excluding tert-OH is 1. The zero-order chi connectivity index (χ0) is 39.0. The topological polar surface area (TPSA) is 166 Å². The predicted molar refractivity (Wildman–Crippen MR) is 218 cm³/mol. The number of urea groups is 1. The molecular weight excluding hydrogens is 729 g/mol. The van der Waals surface area contributed by atoms with Crippen LogP contribution >= 0.6 is 24.7 Å². The Hall–Kier alpha value is -0.896. The molecule has 0 spiro atoms. The number of carbonyl (C=O) groups is 3. The molecule has 0 aliphatic rings. The number of hydrogen-bond acceptors (Lipinski definition) is 12. The van der Waals surface area contributed by atoms with Gasteiger partial charge in [0.1, 0.15) is 12.7 Å². The maximum atomic E-state index is 11.9. The van der Waals surface area contributed by atoms with Crippen LogP contribution in [-0.2, 0) is 27.3 Å². The lowest BCUT2D eigenvalue weighted by atomic mass is 10.1. The molecule has 0 heterocycles. The van der Waals surface area contributed by atoms with E-state index in [1.165, 1.54) is 37.4 Å². The summed E-state index contributed by atoms with van der Waals surface area (Å²) in [5.41, 5.74) is 0. The van der Waals surface area contributed by atoms with E-state index < -0.39 is 22.7 Å². The van der Waals surface area contributed by atoms with E-state index >= 15 is 0 Å². The van der Waals surface area contributed by atoms with Crippen molar-refractivity contribution in [3.8, 4) is 0 Å². The van der Waals surface area contributed by atoms with Crippen LogP contribution in [0.4, 0.5) is 9.59 Å². The third-order valence-electron chi connectivity index (χ3n) is 7.19. The highest BCUT2D eigenvalue weighted by molar-refractivity contribution is 8.13. The average molecular weight is 803 g/mol.